The Labute approximate surface area is 161 Å². The van der Waals surface area contributed by atoms with E-state index in [1.54, 1.807) is 6.26 Å². The van der Waals surface area contributed by atoms with Crippen LogP contribution < -0.4 is 5.73 Å². The van der Waals surface area contributed by atoms with Gasteiger partial charge in [0.2, 0.25) is 0 Å². The highest BCUT2D eigenvalue weighted by Crippen LogP contribution is 2.39. The molecule has 1 aromatic heterocycles. The number of anilines is 1. The highest BCUT2D eigenvalue weighted by atomic mass is 79.9. The topological polar surface area (TPSA) is 84.8 Å². The maximum atomic E-state index is 12.9. The Morgan fingerprint density at radius 2 is 2.08 bits per heavy atom. The van der Waals surface area contributed by atoms with Gasteiger partial charge in [0.1, 0.15) is 21.5 Å². The van der Waals surface area contributed by atoms with Gasteiger partial charge in [-0.05, 0) is 34.3 Å². The third-order valence-electron chi connectivity index (χ3n) is 3.14. The molecule has 12 heteroatoms. The van der Waals surface area contributed by atoms with Gasteiger partial charge in [0, 0.05) is 10.7 Å². The largest absolute Gasteiger partial charge is 0.416 e. The number of halogens is 5. The number of nitrogens with two attached hydrogens (primary N) is 1. The molecule has 1 heterocycles. The van der Waals surface area contributed by atoms with Crippen molar-refractivity contribution in [2.24, 2.45) is 0 Å². The predicted molar refractivity (Wildman–Crippen MR) is 98.4 cm³/mol. The van der Waals surface area contributed by atoms with Crippen LogP contribution in [0.25, 0.3) is 5.69 Å². The molecule has 0 spiro atoms. The van der Waals surface area contributed by atoms with Crippen LogP contribution in [0, 0.1) is 5.41 Å². The molecule has 0 aliphatic rings. The number of benzene rings is 1. The molecule has 0 fully saturated rings. The van der Waals surface area contributed by atoms with Gasteiger partial charge in [0.25, 0.3) is 0 Å². The van der Waals surface area contributed by atoms with Crippen LogP contribution in [0.4, 0.5) is 19.0 Å². The van der Waals surface area contributed by atoms with Crippen LogP contribution in [0.15, 0.2) is 21.5 Å². The Hall–Kier alpha value is -1.04. The lowest BCUT2D eigenvalue weighted by atomic mass is 10.2. The number of nitrogens with one attached hydrogen (secondary N) is 1. The standard InChI is InChI=1S/C13H11BrClF3N4OS2/c1-24-12(20)8-10(25(2)23)11(19)22(21-8)9-6(14)3-5(4-7(9)15)13(16,17)18/h3-4,20H,19H2,1-2H3. The molecule has 0 bridgehead atoms. The van der Waals surface area contributed by atoms with Crippen molar-refractivity contribution in [3.8, 4) is 5.69 Å². The molecule has 1 unspecified atom stereocenters. The second-order valence-corrected chi connectivity index (χ2v) is 8.14. The zero-order chi connectivity index (χ0) is 19.1. The Kier molecular flexibility index (Phi) is 5.92. The number of rotatable bonds is 3. The summed E-state index contributed by atoms with van der Waals surface area (Å²) in [6.07, 6.45) is -1.55. The molecular formula is C13H11BrClF3N4OS2. The molecule has 1 atom stereocenters. The summed E-state index contributed by atoms with van der Waals surface area (Å²) in [5.74, 6) is -0.0583. The Balaban J connectivity index is 2.76. The van der Waals surface area contributed by atoms with Gasteiger partial charge in [0.05, 0.1) is 27.1 Å². The van der Waals surface area contributed by atoms with Crippen LogP contribution in [0.5, 0.6) is 0 Å². The quantitative estimate of drug-likeness (QED) is 0.512. The number of nitrogens with zero attached hydrogens (tertiary/aromatic N) is 2. The van der Waals surface area contributed by atoms with E-state index in [2.05, 4.69) is 21.0 Å². The number of alkyl halides is 3. The van der Waals surface area contributed by atoms with Crippen LogP contribution >= 0.6 is 39.3 Å². The van der Waals surface area contributed by atoms with Gasteiger partial charge >= 0.3 is 6.18 Å². The van der Waals surface area contributed by atoms with Gasteiger partial charge in [-0.3, -0.25) is 9.62 Å². The third-order valence-corrected chi connectivity index (χ3v) is 5.61. The lowest BCUT2D eigenvalue weighted by Gasteiger charge is -2.13. The summed E-state index contributed by atoms with van der Waals surface area (Å²) in [5.41, 5.74) is 5.22. The lowest BCUT2D eigenvalue weighted by molar-refractivity contribution is -0.137. The third kappa shape index (κ3) is 3.88. The van der Waals surface area contributed by atoms with E-state index in [0.29, 0.717) is 0 Å². The molecule has 0 saturated heterocycles. The average molecular weight is 476 g/mol. The summed E-state index contributed by atoms with van der Waals surface area (Å²) < 4.78 is 51.8. The fourth-order valence-electron chi connectivity index (χ4n) is 2.05. The van der Waals surface area contributed by atoms with Crippen LogP contribution in [0.1, 0.15) is 11.3 Å². The molecule has 136 valence electrons. The number of thioether (sulfide) groups is 1. The summed E-state index contributed by atoms with van der Waals surface area (Å²) >= 11 is 10.1. The molecule has 1 aromatic carbocycles. The van der Waals surface area contributed by atoms with E-state index < -0.39 is 22.5 Å². The summed E-state index contributed by atoms with van der Waals surface area (Å²) in [6.45, 7) is 0. The van der Waals surface area contributed by atoms with Crippen LogP contribution in [0.2, 0.25) is 5.02 Å². The smallest absolute Gasteiger partial charge is 0.383 e. The van der Waals surface area contributed by atoms with E-state index in [4.69, 9.17) is 22.7 Å². The molecule has 2 aromatic rings. The summed E-state index contributed by atoms with van der Waals surface area (Å²) in [5, 5.41) is 11.8. The Morgan fingerprint density at radius 3 is 2.52 bits per heavy atom. The highest BCUT2D eigenvalue weighted by Gasteiger charge is 2.33. The van der Waals surface area contributed by atoms with E-state index >= 15 is 0 Å². The molecule has 3 N–H and O–H groups in total. The molecule has 2 rings (SSSR count). The summed E-state index contributed by atoms with van der Waals surface area (Å²) in [4.78, 5) is 0.127. The summed E-state index contributed by atoms with van der Waals surface area (Å²) in [6, 6.07) is 1.61. The van der Waals surface area contributed by atoms with Crippen molar-refractivity contribution in [1.29, 1.82) is 5.41 Å². The lowest BCUT2D eigenvalue weighted by Crippen LogP contribution is -2.09. The van der Waals surface area contributed by atoms with E-state index in [1.165, 1.54) is 6.26 Å². The van der Waals surface area contributed by atoms with Gasteiger partial charge < -0.3 is 5.73 Å². The van der Waals surface area contributed by atoms with Crippen molar-refractivity contribution in [3.63, 3.8) is 0 Å². The van der Waals surface area contributed by atoms with Crippen molar-refractivity contribution in [3.05, 3.63) is 32.9 Å². The monoisotopic (exact) mass is 474 g/mol. The Morgan fingerprint density at radius 1 is 1.48 bits per heavy atom. The van der Waals surface area contributed by atoms with Crippen molar-refractivity contribution >= 4 is 61.0 Å². The minimum atomic E-state index is -4.57. The van der Waals surface area contributed by atoms with E-state index in [1.807, 2.05) is 0 Å². The number of nitrogen functional groups attached to an aromatic ring is 1. The number of aromatic nitrogens is 2. The molecule has 0 aliphatic heterocycles. The SMILES string of the molecule is CSC(=N)c1nn(-c2c(Cl)cc(C(F)(F)F)cc2Br)c(N)c1S(C)=O. The van der Waals surface area contributed by atoms with E-state index in [0.717, 1.165) is 28.6 Å². The first-order chi connectivity index (χ1) is 11.5. The van der Waals surface area contributed by atoms with Crippen LogP contribution in [0.3, 0.4) is 0 Å². The van der Waals surface area contributed by atoms with Gasteiger partial charge in [-0.2, -0.15) is 18.3 Å². The van der Waals surface area contributed by atoms with Gasteiger partial charge in [-0.1, -0.05) is 11.6 Å². The Bertz CT molecular complexity index is 862. The van der Waals surface area contributed by atoms with Gasteiger partial charge in [-0.25, -0.2) is 4.68 Å². The highest BCUT2D eigenvalue weighted by molar-refractivity contribution is 9.10. The van der Waals surface area contributed by atoms with E-state index in [9.17, 15) is 17.4 Å². The van der Waals surface area contributed by atoms with Crippen molar-refractivity contribution in [1.82, 2.24) is 9.78 Å². The zero-order valence-corrected chi connectivity index (χ0v) is 16.7. The van der Waals surface area contributed by atoms with Crippen LogP contribution in [-0.2, 0) is 17.0 Å². The maximum Gasteiger partial charge on any atom is 0.416 e. The van der Waals surface area contributed by atoms with Crippen molar-refractivity contribution < 1.29 is 17.4 Å². The minimum absolute atomic E-state index is 0.0113. The zero-order valence-electron chi connectivity index (χ0n) is 12.7. The molecule has 0 radical (unpaired) electrons. The number of hydrogen-bond acceptors (Lipinski definition) is 5. The second-order valence-electron chi connectivity index (χ2n) is 4.75. The molecule has 5 nitrogen and oxygen atoms in total. The molecule has 0 aliphatic carbocycles. The maximum absolute atomic E-state index is 12.9. The second kappa shape index (κ2) is 7.29. The fourth-order valence-corrected chi connectivity index (χ4v) is 4.29. The molecule has 0 amide bonds. The summed E-state index contributed by atoms with van der Waals surface area (Å²) in [7, 11) is -1.56. The molecular weight excluding hydrogens is 465 g/mol. The minimum Gasteiger partial charge on any atom is -0.383 e. The van der Waals surface area contributed by atoms with E-state index in [-0.39, 0.29) is 36.6 Å². The molecule has 0 saturated carbocycles. The van der Waals surface area contributed by atoms with Crippen molar-refractivity contribution in [2.45, 2.75) is 11.1 Å². The van der Waals surface area contributed by atoms with Gasteiger partial charge in [-0.15, -0.1) is 11.8 Å². The fraction of sp³-hybridized carbons (Fsp3) is 0.231. The first-order valence-electron chi connectivity index (χ1n) is 6.40. The first kappa shape index (κ1) is 20.3. The van der Waals surface area contributed by atoms with Crippen molar-refractivity contribution in [2.75, 3.05) is 18.2 Å². The molecule has 25 heavy (non-hydrogen) atoms. The predicted octanol–water partition coefficient (Wildman–Crippen LogP) is 4.31. The average Bonchev–Trinajstić information content (AvgIpc) is 2.82. The van der Waals surface area contributed by atoms with Gasteiger partial charge in [0.15, 0.2) is 0 Å². The first-order valence-corrected chi connectivity index (χ1v) is 10.4. The normalized spacial score (nSPS) is 13.1. The van der Waals surface area contributed by atoms with Crippen LogP contribution in [-0.4, -0.2) is 31.5 Å². The number of hydrogen-bond donors (Lipinski definition) is 2.